The minimum absolute atomic E-state index is 0.178. The van der Waals surface area contributed by atoms with Gasteiger partial charge in [0.1, 0.15) is 6.10 Å². The Kier molecular flexibility index (Phi) is 5.02. The lowest BCUT2D eigenvalue weighted by Gasteiger charge is -2.38. The molecule has 1 N–H and O–H groups in total. The van der Waals surface area contributed by atoms with Gasteiger partial charge in [-0.2, -0.15) is 0 Å². The first-order chi connectivity index (χ1) is 9.49. The van der Waals surface area contributed by atoms with Gasteiger partial charge in [0.05, 0.1) is 0 Å². The fraction of sp³-hybridized carbons (Fsp3) is 0.867. The Hall–Kier alpha value is -1.10. The average molecular weight is 282 g/mol. The molecule has 0 aromatic rings. The van der Waals surface area contributed by atoms with Crippen LogP contribution in [0.3, 0.4) is 0 Å². The van der Waals surface area contributed by atoms with Crippen LogP contribution in [0.15, 0.2) is 0 Å². The smallest absolute Gasteiger partial charge is 0.251 e. The number of amides is 2. The molecule has 114 valence electrons. The third-order valence-electron chi connectivity index (χ3n) is 4.55. The maximum atomic E-state index is 12.5. The first-order valence-electron chi connectivity index (χ1n) is 7.74. The Bertz CT molecular complexity index is 362. The summed E-state index contributed by atoms with van der Waals surface area (Å²) in [6.07, 6.45) is 3.46. The minimum Gasteiger partial charge on any atom is -0.384 e. The third-order valence-corrected chi connectivity index (χ3v) is 4.55. The van der Waals surface area contributed by atoms with Gasteiger partial charge in [0.15, 0.2) is 0 Å². The van der Waals surface area contributed by atoms with Crippen LogP contribution in [0, 0.1) is 11.8 Å². The Labute approximate surface area is 120 Å². The van der Waals surface area contributed by atoms with Crippen LogP contribution in [0.4, 0.5) is 0 Å². The van der Waals surface area contributed by atoms with Gasteiger partial charge in [-0.15, -0.1) is 0 Å². The molecule has 3 unspecified atom stereocenters. The monoisotopic (exact) mass is 282 g/mol. The van der Waals surface area contributed by atoms with Crippen LogP contribution in [-0.4, -0.2) is 59.0 Å². The van der Waals surface area contributed by atoms with E-state index >= 15 is 0 Å². The van der Waals surface area contributed by atoms with Gasteiger partial charge >= 0.3 is 0 Å². The summed E-state index contributed by atoms with van der Waals surface area (Å²) in [6.45, 7) is 5.99. The van der Waals surface area contributed by atoms with E-state index < -0.39 is 6.10 Å². The van der Waals surface area contributed by atoms with E-state index in [1.807, 2.05) is 4.90 Å². The predicted octanol–water partition coefficient (Wildman–Crippen LogP) is 0.864. The molecular weight excluding hydrogens is 256 g/mol. The third kappa shape index (κ3) is 3.51. The molecule has 1 saturated carbocycles. The summed E-state index contributed by atoms with van der Waals surface area (Å²) in [4.78, 5) is 27.7. The van der Waals surface area contributed by atoms with Crippen molar-refractivity contribution >= 4 is 11.8 Å². The molecule has 0 aromatic heterocycles. The van der Waals surface area contributed by atoms with Crippen molar-refractivity contribution in [2.75, 3.05) is 26.2 Å². The van der Waals surface area contributed by atoms with Crippen LogP contribution in [0.25, 0.3) is 0 Å². The van der Waals surface area contributed by atoms with E-state index in [0.29, 0.717) is 32.1 Å². The van der Waals surface area contributed by atoms with E-state index in [1.54, 1.807) is 4.90 Å². The highest BCUT2D eigenvalue weighted by Gasteiger charge is 2.31. The molecule has 2 fully saturated rings. The molecule has 2 amide bonds. The molecular formula is C15H26N2O3. The lowest BCUT2D eigenvalue weighted by atomic mass is 9.81. The molecule has 3 atom stereocenters. The minimum atomic E-state index is -0.948. The number of aliphatic hydroxyl groups excluding tert-OH is 1. The topological polar surface area (TPSA) is 60.9 Å². The highest BCUT2D eigenvalue weighted by Crippen LogP contribution is 2.30. The van der Waals surface area contributed by atoms with Crippen LogP contribution >= 0.6 is 0 Å². The molecule has 2 rings (SSSR count). The fourth-order valence-electron chi connectivity index (χ4n) is 3.33. The molecule has 20 heavy (non-hydrogen) atoms. The highest BCUT2D eigenvalue weighted by atomic mass is 16.3. The van der Waals surface area contributed by atoms with E-state index in [9.17, 15) is 14.7 Å². The number of hydrogen-bond acceptors (Lipinski definition) is 3. The molecule has 0 spiro atoms. The second-order valence-electron chi connectivity index (χ2n) is 6.30. The molecule has 0 aromatic carbocycles. The van der Waals surface area contributed by atoms with Crippen molar-refractivity contribution in [3.63, 3.8) is 0 Å². The molecule has 1 saturated heterocycles. The molecule has 5 nitrogen and oxygen atoms in total. The van der Waals surface area contributed by atoms with E-state index in [-0.39, 0.29) is 17.7 Å². The van der Waals surface area contributed by atoms with Crippen molar-refractivity contribution in [3.05, 3.63) is 0 Å². The van der Waals surface area contributed by atoms with Crippen LogP contribution in [0.5, 0.6) is 0 Å². The first kappa shape index (κ1) is 15.3. The van der Waals surface area contributed by atoms with Crippen molar-refractivity contribution in [2.24, 2.45) is 11.8 Å². The van der Waals surface area contributed by atoms with E-state index in [1.165, 1.54) is 13.3 Å². The predicted molar refractivity (Wildman–Crippen MR) is 76.0 cm³/mol. The summed E-state index contributed by atoms with van der Waals surface area (Å²) < 4.78 is 0. The maximum absolute atomic E-state index is 12.5. The molecule has 0 bridgehead atoms. The van der Waals surface area contributed by atoms with Crippen LogP contribution < -0.4 is 0 Å². The van der Waals surface area contributed by atoms with Crippen molar-refractivity contribution in [1.82, 2.24) is 9.80 Å². The summed E-state index contributed by atoms with van der Waals surface area (Å²) in [7, 11) is 0. The Morgan fingerprint density at radius 1 is 1.10 bits per heavy atom. The van der Waals surface area contributed by atoms with Crippen molar-refractivity contribution in [1.29, 1.82) is 0 Å². The van der Waals surface area contributed by atoms with Gasteiger partial charge < -0.3 is 14.9 Å². The quantitative estimate of drug-likeness (QED) is 0.817. The number of carbonyl (C=O) groups is 2. The number of piperazine rings is 1. The summed E-state index contributed by atoms with van der Waals surface area (Å²) >= 11 is 0. The molecule has 2 aliphatic rings. The van der Waals surface area contributed by atoms with Gasteiger partial charge in [-0.25, -0.2) is 0 Å². The van der Waals surface area contributed by atoms with Crippen LogP contribution in [-0.2, 0) is 9.59 Å². The van der Waals surface area contributed by atoms with Crippen molar-refractivity contribution in [3.8, 4) is 0 Å². The van der Waals surface area contributed by atoms with Crippen LogP contribution in [0.2, 0.25) is 0 Å². The number of hydrogen-bond donors (Lipinski definition) is 1. The zero-order chi connectivity index (χ0) is 14.7. The summed E-state index contributed by atoms with van der Waals surface area (Å²) in [5, 5.41) is 9.31. The van der Waals surface area contributed by atoms with Gasteiger partial charge in [0, 0.05) is 32.1 Å². The zero-order valence-corrected chi connectivity index (χ0v) is 12.5. The summed E-state index contributed by atoms with van der Waals surface area (Å²) in [6, 6.07) is 0. The molecule has 1 aliphatic heterocycles. The normalized spacial score (nSPS) is 29.1. The maximum Gasteiger partial charge on any atom is 0.251 e. The number of carbonyl (C=O) groups excluding carboxylic acids is 2. The molecule has 1 heterocycles. The van der Waals surface area contributed by atoms with Gasteiger partial charge in [0.2, 0.25) is 5.91 Å². The SMILES string of the molecule is CC1CCCC(C(=O)N2CCN(C(=O)C(C)O)CC2)C1. The molecule has 1 aliphatic carbocycles. The second kappa shape index (κ2) is 6.57. The van der Waals surface area contributed by atoms with E-state index in [0.717, 1.165) is 19.3 Å². The van der Waals surface area contributed by atoms with Gasteiger partial charge in [-0.05, 0) is 25.7 Å². The summed E-state index contributed by atoms with van der Waals surface area (Å²) in [5.41, 5.74) is 0. The first-order valence-corrected chi connectivity index (χ1v) is 7.74. The summed E-state index contributed by atoms with van der Waals surface area (Å²) in [5.74, 6) is 0.859. The van der Waals surface area contributed by atoms with Crippen molar-refractivity contribution in [2.45, 2.75) is 45.6 Å². The lowest BCUT2D eigenvalue weighted by Crippen LogP contribution is -2.53. The number of aliphatic hydroxyl groups is 1. The Balaban J connectivity index is 1.84. The zero-order valence-electron chi connectivity index (χ0n) is 12.5. The lowest BCUT2D eigenvalue weighted by molar-refractivity contribution is -0.146. The van der Waals surface area contributed by atoms with Gasteiger partial charge in [0.25, 0.3) is 5.91 Å². The van der Waals surface area contributed by atoms with Gasteiger partial charge in [-0.3, -0.25) is 9.59 Å². The number of rotatable bonds is 2. The largest absolute Gasteiger partial charge is 0.384 e. The van der Waals surface area contributed by atoms with Gasteiger partial charge in [-0.1, -0.05) is 19.8 Å². The molecule has 5 heteroatoms. The Morgan fingerprint density at radius 2 is 1.70 bits per heavy atom. The van der Waals surface area contributed by atoms with E-state index in [4.69, 9.17) is 0 Å². The standard InChI is InChI=1S/C15H26N2O3/c1-11-4-3-5-13(10-11)15(20)17-8-6-16(7-9-17)14(19)12(2)18/h11-13,18H,3-10H2,1-2H3. The molecule has 0 radical (unpaired) electrons. The second-order valence-corrected chi connectivity index (χ2v) is 6.30. The van der Waals surface area contributed by atoms with Crippen molar-refractivity contribution < 1.29 is 14.7 Å². The Morgan fingerprint density at radius 3 is 2.25 bits per heavy atom. The fourth-order valence-corrected chi connectivity index (χ4v) is 3.33. The average Bonchev–Trinajstić information content (AvgIpc) is 2.46. The van der Waals surface area contributed by atoms with E-state index in [2.05, 4.69) is 6.92 Å². The number of nitrogens with zero attached hydrogens (tertiary/aromatic N) is 2. The van der Waals surface area contributed by atoms with Crippen LogP contribution in [0.1, 0.15) is 39.5 Å². The highest BCUT2D eigenvalue weighted by molar-refractivity contribution is 5.81.